The van der Waals surface area contributed by atoms with Gasteiger partial charge in [0.2, 0.25) is 0 Å². The van der Waals surface area contributed by atoms with Crippen molar-refractivity contribution in [2.24, 2.45) is 0 Å². The minimum atomic E-state index is -0.0882. The van der Waals surface area contributed by atoms with Crippen molar-refractivity contribution in [2.45, 2.75) is 52.9 Å². The average molecular weight is 396 g/mol. The fraction of sp³-hybridized carbons (Fsp3) is 0.500. The number of aryl methyl sites for hydroxylation is 2. The first-order valence-corrected chi connectivity index (χ1v) is 10.3. The number of carbonyl (C=O) groups excluding carboxylic acids is 1. The number of ether oxygens (including phenoxy) is 1. The highest BCUT2D eigenvalue weighted by atomic mass is 16.5. The third-order valence-corrected chi connectivity index (χ3v) is 5.46. The van der Waals surface area contributed by atoms with E-state index in [0.717, 1.165) is 48.1 Å². The number of nitrogens with zero attached hydrogens (tertiary/aromatic N) is 4. The minimum Gasteiger partial charge on any atom is -0.372 e. The molecule has 7 nitrogen and oxygen atoms in total. The van der Waals surface area contributed by atoms with Gasteiger partial charge in [0.1, 0.15) is 11.6 Å². The maximum absolute atomic E-state index is 12.9. The third kappa shape index (κ3) is 4.34. The Morgan fingerprint density at radius 2 is 1.79 bits per heavy atom. The van der Waals surface area contributed by atoms with Crippen LogP contribution in [-0.4, -0.2) is 52.7 Å². The fourth-order valence-electron chi connectivity index (χ4n) is 4.14. The summed E-state index contributed by atoms with van der Waals surface area (Å²) in [7, 11) is 0. The van der Waals surface area contributed by atoms with Crippen LogP contribution in [0.3, 0.4) is 0 Å². The first-order valence-electron chi connectivity index (χ1n) is 10.3. The number of anilines is 2. The number of rotatable bonds is 2. The molecule has 0 saturated carbocycles. The van der Waals surface area contributed by atoms with Gasteiger partial charge in [0.25, 0.3) is 0 Å². The third-order valence-electron chi connectivity index (χ3n) is 5.46. The fourth-order valence-corrected chi connectivity index (χ4v) is 4.14. The summed E-state index contributed by atoms with van der Waals surface area (Å²) < 4.78 is 5.89. The Hall–Kier alpha value is -2.67. The average Bonchev–Trinajstić information content (AvgIpc) is 2.68. The van der Waals surface area contributed by atoms with Crippen LogP contribution in [0.5, 0.6) is 0 Å². The highest BCUT2D eigenvalue weighted by molar-refractivity contribution is 5.89. The normalized spacial score (nSPS) is 21.7. The van der Waals surface area contributed by atoms with E-state index in [0.29, 0.717) is 13.1 Å². The summed E-state index contributed by atoms with van der Waals surface area (Å²) in [6, 6.07) is 7.77. The molecule has 0 spiro atoms. The van der Waals surface area contributed by atoms with Crippen LogP contribution in [0, 0.1) is 13.8 Å². The van der Waals surface area contributed by atoms with E-state index in [1.54, 1.807) is 0 Å². The van der Waals surface area contributed by atoms with Crippen LogP contribution in [0.15, 0.2) is 24.3 Å². The number of fused-ring (bicyclic) bond motifs is 1. The van der Waals surface area contributed by atoms with Gasteiger partial charge in [0.05, 0.1) is 24.4 Å². The number of urea groups is 1. The standard InChI is InChI=1S/C22H29N5O2/c1-14-5-7-18(8-6-14)25-22(28)26-10-9-20-19(13-26)21(24-17(4)23-20)27-11-15(2)29-16(3)12-27/h5-8,15-16H,9-13H2,1-4H3,(H,25,28)/t15-,16-/m0/s1. The number of aromatic nitrogens is 2. The Bertz CT molecular complexity index is 889. The summed E-state index contributed by atoms with van der Waals surface area (Å²) in [5.74, 6) is 1.73. The zero-order valence-electron chi connectivity index (χ0n) is 17.6. The van der Waals surface area contributed by atoms with E-state index < -0.39 is 0 Å². The molecule has 1 aromatic carbocycles. The molecule has 0 bridgehead atoms. The summed E-state index contributed by atoms with van der Waals surface area (Å²) in [4.78, 5) is 26.4. The molecule has 0 unspecified atom stereocenters. The van der Waals surface area contributed by atoms with Gasteiger partial charge in [-0.05, 0) is 39.8 Å². The highest BCUT2D eigenvalue weighted by Gasteiger charge is 2.30. The number of hydrogen-bond acceptors (Lipinski definition) is 5. The molecule has 1 N–H and O–H groups in total. The van der Waals surface area contributed by atoms with Gasteiger partial charge >= 0.3 is 6.03 Å². The summed E-state index contributed by atoms with van der Waals surface area (Å²) in [6.07, 6.45) is 1.03. The quantitative estimate of drug-likeness (QED) is 0.845. The topological polar surface area (TPSA) is 70.6 Å². The number of benzene rings is 1. The van der Waals surface area contributed by atoms with Gasteiger partial charge in [-0.2, -0.15) is 0 Å². The molecule has 2 aromatic rings. The van der Waals surface area contributed by atoms with E-state index in [1.807, 2.05) is 43.0 Å². The number of amides is 2. The van der Waals surface area contributed by atoms with Gasteiger partial charge in [-0.1, -0.05) is 17.7 Å². The number of hydrogen-bond donors (Lipinski definition) is 1. The van der Waals surface area contributed by atoms with Gasteiger partial charge < -0.3 is 19.9 Å². The Morgan fingerprint density at radius 3 is 2.48 bits per heavy atom. The summed E-state index contributed by atoms with van der Waals surface area (Å²) >= 11 is 0. The SMILES string of the molecule is Cc1ccc(NC(=O)N2CCc3nc(C)nc(N4C[C@H](C)O[C@@H](C)C4)c3C2)cc1. The molecule has 1 fully saturated rings. The Kier molecular flexibility index (Phi) is 5.41. The second-order valence-corrected chi connectivity index (χ2v) is 8.15. The molecular weight excluding hydrogens is 366 g/mol. The monoisotopic (exact) mass is 395 g/mol. The molecule has 0 radical (unpaired) electrons. The van der Waals surface area contributed by atoms with Crippen molar-refractivity contribution in [1.82, 2.24) is 14.9 Å². The summed E-state index contributed by atoms with van der Waals surface area (Å²) in [6.45, 7) is 10.9. The predicted octanol–water partition coefficient (Wildman–Crippen LogP) is 3.30. The van der Waals surface area contributed by atoms with Crippen LogP contribution >= 0.6 is 0 Å². The first-order chi connectivity index (χ1) is 13.9. The molecule has 154 valence electrons. The Labute approximate surface area is 172 Å². The van der Waals surface area contributed by atoms with E-state index in [4.69, 9.17) is 9.72 Å². The minimum absolute atomic E-state index is 0.0882. The Morgan fingerprint density at radius 1 is 1.10 bits per heavy atom. The van der Waals surface area contributed by atoms with E-state index in [1.165, 1.54) is 5.56 Å². The lowest BCUT2D eigenvalue weighted by molar-refractivity contribution is -0.00557. The van der Waals surface area contributed by atoms with Gasteiger partial charge in [0.15, 0.2) is 0 Å². The lowest BCUT2D eigenvalue weighted by atomic mass is 10.0. The van der Waals surface area contributed by atoms with Crippen molar-refractivity contribution in [3.8, 4) is 0 Å². The molecule has 1 saturated heterocycles. The van der Waals surface area contributed by atoms with E-state index >= 15 is 0 Å². The van der Waals surface area contributed by atoms with Crippen molar-refractivity contribution in [2.75, 3.05) is 29.9 Å². The van der Waals surface area contributed by atoms with E-state index in [-0.39, 0.29) is 18.2 Å². The molecule has 2 aliphatic heterocycles. The van der Waals surface area contributed by atoms with E-state index in [9.17, 15) is 4.79 Å². The smallest absolute Gasteiger partial charge is 0.322 e. The zero-order chi connectivity index (χ0) is 20.5. The number of nitrogens with one attached hydrogen (secondary N) is 1. The maximum atomic E-state index is 12.9. The Balaban J connectivity index is 1.56. The van der Waals surface area contributed by atoms with Crippen LogP contribution < -0.4 is 10.2 Å². The highest BCUT2D eigenvalue weighted by Crippen LogP contribution is 2.29. The second kappa shape index (κ2) is 7.99. The molecule has 3 heterocycles. The second-order valence-electron chi connectivity index (χ2n) is 8.15. The van der Waals surface area contributed by atoms with Gasteiger partial charge in [-0.15, -0.1) is 0 Å². The van der Waals surface area contributed by atoms with Crippen molar-refractivity contribution < 1.29 is 9.53 Å². The van der Waals surface area contributed by atoms with Crippen molar-refractivity contribution in [3.63, 3.8) is 0 Å². The van der Waals surface area contributed by atoms with Gasteiger partial charge in [0, 0.05) is 37.3 Å². The maximum Gasteiger partial charge on any atom is 0.322 e. The van der Waals surface area contributed by atoms with Crippen LogP contribution in [0.25, 0.3) is 0 Å². The molecule has 2 amide bonds. The molecule has 7 heteroatoms. The number of morpholine rings is 1. The van der Waals surface area contributed by atoms with Crippen LogP contribution in [0.2, 0.25) is 0 Å². The molecule has 2 atom stereocenters. The van der Waals surface area contributed by atoms with Crippen molar-refractivity contribution in [3.05, 3.63) is 46.9 Å². The molecule has 4 rings (SSSR count). The van der Waals surface area contributed by atoms with Gasteiger partial charge in [-0.3, -0.25) is 0 Å². The van der Waals surface area contributed by atoms with Crippen molar-refractivity contribution >= 4 is 17.5 Å². The summed E-state index contributed by atoms with van der Waals surface area (Å²) in [5.41, 5.74) is 4.09. The molecule has 29 heavy (non-hydrogen) atoms. The molecule has 2 aliphatic rings. The predicted molar refractivity (Wildman–Crippen MR) is 113 cm³/mol. The molecule has 1 aromatic heterocycles. The molecule has 0 aliphatic carbocycles. The van der Waals surface area contributed by atoms with Crippen LogP contribution in [-0.2, 0) is 17.7 Å². The zero-order valence-corrected chi connectivity index (χ0v) is 17.6. The lowest BCUT2D eigenvalue weighted by Gasteiger charge is -2.38. The van der Waals surface area contributed by atoms with Crippen LogP contribution in [0.1, 0.15) is 36.5 Å². The first kappa shape index (κ1) is 19.6. The van der Waals surface area contributed by atoms with Crippen molar-refractivity contribution in [1.29, 1.82) is 0 Å². The number of carbonyl (C=O) groups is 1. The summed E-state index contributed by atoms with van der Waals surface area (Å²) in [5, 5.41) is 3.01. The lowest BCUT2D eigenvalue weighted by Crippen LogP contribution is -2.47. The molecular formula is C22H29N5O2. The van der Waals surface area contributed by atoms with Crippen LogP contribution in [0.4, 0.5) is 16.3 Å². The largest absolute Gasteiger partial charge is 0.372 e. The van der Waals surface area contributed by atoms with E-state index in [2.05, 4.69) is 29.0 Å². The van der Waals surface area contributed by atoms with Gasteiger partial charge in [-0.25, -0.2) is 14.8 Å².